The summed E-state index contributed by atoms with van der Waals surface area (Å²) in [7, 11) is 0. The highest BCUT2D eigenvalue weighted by atomic mass is 16.5. The van der Waals surface area contributed by atoms with Gasteiger partial charge in [0, 0.05) is 13.1 Å². The second-order valence-electron chi connectivity index (χ2n) is 7.99. The molecule has 0 radical (unpaired) electrons. The van der Waals surface area contributed by atoms with E-state index in [1.54, 1.807) is 12.1 Å². The van der Waals surface area contributed by atoms with Crippen molar-refractivity contribution in [2.75, 3.05) is 31.2 Å². The maximum atomic E-state index is 13.7. The second kappa shape index (κ2) is 9.90. The zero-order valence-corrected chi connectivity index (χ0v) is 18.8. The van der Waals surface area contributed by atoms with Crippen molar-refractivity contribution in [2.45, 2.75) is 39.5 Å². The van der Waals surface area contributed by atoms with Crippen LogP contribution in [0.15, 0.2) is 54.2 Å². The zero-order valence-electron chi connectivity index (χ0n) is 18.8. The third-order valence-corrected chi connectivity index (χ3v) is 5.75. The van der Waals surface area contributed by atoms with Gasteiger partial charge in [-0.25, -0.2) is 4.90 Å². The molecule has 2 aliphatic rings. The maximum absolute atomic E-state index is 13.7. The van der Waals surface area contributed by atoms with E-state index >= 15 is 0 Å². The molecule has 0 aliphatic carbocycles. The number of carbonyl (C=O) groups is 2. The number of hydrogen-bond donors (Lipinski definition) is 0. The molecule has 0 unspecified atom stereocenters. The number of likely N-dealkylation sites (tertiary alicyclic amines) is 1. The van der Waals surface area contributed by atoms with Crippen LogP contribution in [0.2, 0.25) is 0 Å². The van der Waals surface area contributed by atoms with Crippen LogP contribution in [0.25, 0.3) is 5.57 Å². The van der Waals surface area contributed by atoms with Gasteiger partial charge in [0.05, 0.1) is 24.5 Å². The predicted octanol–water partition coefficient (Wildman–Crippen LogP) is 4.64. The average molecular weight is 435 g/mol. The molecule has 0 saturated carbocycles. The van der Waals surface area contributed by atoms with Crippen LogP contribution < -0.4 is 14.4 Å². The summed E-state index contributed by atoms with van der Waals surface area (Å²) >= 11 is 0. The van der Waals surface area contributed by atoms with Crippen LogP contribution in [-0.4, -0.2) is 43.0 Å². The first-order valence-electron chi connectivity index (χ1n) is 11.5. The topological polar surface area (TPSA) is 59.1 Å². The van der Waals surface area contributed by atoms with Crippen LogP contribution in [0, 0.1) is 0 Å². The van der Waals surface area contributed by atoms with E-state index in [2.05, 4.69) is 4.90 Å². The third kappa shape index (κ3) is 4.22. The summed E-state index contributed by atoms with van der Waals surface area (Å²) in [5, 5.41) is 0. The SMILES string of the molecule is CCCOc1ccccc1N1C(=O)C(c2ccc(OCC)cc2)=C(N2CCCCC2)C1=O. The van der Waals surface area contributed by atoms with E-state index in [9.17, 15) is 9.59 Å². The molecular formula is C26H30N2O4. The summed E-state index contributed by atoms with van der Waals surface area (Å²) in [6, 6.07) is 14.7. The van der Waals surface area contributed by atoms with Gasteiger partial charge in [-0.15, -0.1) is 0 Å². The lowest BCUT2D eigenvalue weighted by molar-refractivity contribution is -0.120. The fraction of sp³-hybridized carbons (Fsp3) is 0.385. The molecule has 6 heteroatoms. The Bertz CT molecular complexity index is 1010. The number of para-hydroxylation sites is 2. The number of imide groups is 1. The molecule has 0 atom stereocenters. The molecule has 0 aromatic heterocycles. The van der Waals surface area contributed by atoms with Gasteiger partial charge in [-0.05, 0) is 62.4 Å². The minimum absolute atomic E-state index is 0.284. The van der Waals surface area contributed by atoms with Crippen molar-refractivity contribution in [3.63, 3.8) is 0 Å². The van der Waals surface area contributed by atoms with E-state index in [4.69, 9.17) is 9.47 Å². The largest absolute Gasteiger partial charge is 0.494 e. The molecule has 0 N–H and O–H groups in total. The Labute approximate surface area is 189 Å². The summed E-state index contributed by atoms with van der Waals surface area (Å²) < 4.78 is 11.4. The number of rotatable bonds is 8. The van der Waals surface area contributed by atoms with Crippen molar-refractivity contribution in [1.29, 1.82) is 0 Å². The molecule has 2 aromatic rings. The molecule has 1 fully saturated rings. The minimum atomic E-state index is -0.313. The summed E-state index contributed by atoms with van der Waals surface area (Å²) in [5.74, 6) is 0.686. The van der Waals surface area contributed by atoms with E-state index in [0.717, 1.165) is 50.1 Å². The molecule has 4 rings (SSSR count). The van der Waals surface area contributed by atoms with Gasteiger partial charge in [-0.1, -0.05) is 31.2 Å². The summed E-state index contributed by atoms with van der Waals surface area (Å²) in [5.41, 5.74) is 2.16. The van der Waals surface area contributed by atoms with E-state index < -0.39 is 0 Å². The molecule has 32 heavy (non-hydrogen) atoms. The minimum Gasteiger partial charge on any atom is -0.494 e. The number of carbonyl (C=O) groups excluding carboxylic acids is 2. The average Bonchev–Trinajstić information content (AvgIpc) is 3.09. The van der Waals surface area contributed by atoms with Crippen LogP contribution >= 0.6 is 0 Å². The molecule has 6 nitrogen and oxygen atoms in total. The molecule has 168 valence electrons. The van der Waals surface area contributed by atoms with Crippen molar-refractivity contribution in [2.24, 2.45) is 0 Å². The Morgan fingerprint density at radius 3 is 2.25 bits per heavy atom. The number of nitrogens with zero attached hydrogens (tertiary/aromatic N) is 2. The van der Waals surface area contributed by atoms with E-state index in [0.29, 0.717) is 35.9 Å². The highest BCUT2D eigenvalue weighted by molar-refractivity contribution is 6.45. The lowest BCUT2D eigenvalue weighted by Gasteiger charge is -2.29. The molecular weight excluding hydrogens is 404 g/mol. The molecule has 2 heterocycles. The lowest BCUT2D eigenvalue weighted by atomic mass is 10.0. The van der Waals surface area contributed by atoms with Gasteiger partial charge in [0.15, 0.2) is 0 Å². The Balaban J connectivity index is 1.77. The van der Waals surface area contributed by atoms with Crippen LogP contribution in [-0.2, 0) is 9.59 Å². The standard InChI is InChI=1S/C26H30N2O4/c1-3-18-32-22-11-7-6-10-21(22)28-25(29)23(19-12-14-20(15-13-19)31-4-2)24(26(28)30)27-16-8-5-9-17-27/h6-7,10-15H,3-5,8-9,16-18H2,1-2H3. The number of amides is 2. The highest BCUT2D eigenvalue weighted by Gasteiger charge is 2.43. The molecule has 0 bridgehead atoms. The Kier molecular flexibility index (Phi) is 6.78. The van der Waals surface area contributed by atoms with Crippen LogP contribution in [0.3, 0.4) is 0 Å². The van der Waals surface area contributed by atoms with Gasteiger partial charge in [-0.3, -0.25) is 9.59 Å². The molecule has 2 aliphatic heterocycles. The van der Waals surface area contributed by atoms with Gasteiger partial charge < -0.3 is 14.4 Å². The van der Waals surface area contributed by atoms with Crippen molar-refractivity contribution < 1.29 is 19.1 Å². The number of ether oxygens (including phenoxy) is 2. The van der Waals surface area contributed by atoms with Crippen molar-refractivity contribution in [3.05, 3.63) is 59.8 Å². The molecule has 2 amide bonds. The number of anilines is 1. The first kappa shape index (κ1) is 21.9. The fourth-order valence-corrected chi connectivity index (χ4v) is 4.27. The van der Waals surface area contributed by atoms with Gasteiger partial charge in [0.2, 0.25) is 0 Å². The number of hydrogen-bond acceptors (Lipinski definition) is 5. The van der Waals surface area contributed by atoms with E-state index in [1.165, 1.54) is 4.90 Å². The summed E-state index contributed by atoms with van der Waals surface area (Å²) in [6.07, 6.45) is 4.00. The quantitative estimate of drug-likeness (QED) is 0.567. The Morgan fingerprint density at radius 1 is 0.844 bits per heavy atom. The monoisotopic (exact) mass is 434 g/mol. The van der Waals surface area contributed by atoms with E-state index in [-0.39, 0.29) is 11.8 Å². The summed E-state index contributed by atoms with van der Waals surface area (Å²) in [4.78, 5) is 30.8. The van der Waals surface area contributed by atoms with Crippen LogP contribution in [0.4, 0.5) is 5.69 Å². The first-order valence-corrected chi connectivity index (χ1v) is 11.5. The number of benzene rings is 2. The smallest absolute Gasteiger partial charge is 0.282 e. The number of piperidine rings is 1. The molecule has 0 spiro atoms. The van der Waals surface area contributed by atoms with Gasteiger partial charge in [-0.2, -0.15) is 0 Å². The van der Waals surface area contributed by atoms with E-state index in [1.807, 2.05) is 50.2 Å². The van der Waals surface area contributed by atoms with Crippen LogP contribution in [0.5, 0.6) is 11.5 Å². The fourth-order valence-electron chi connectivity index (χ4n) is 4.27. The van der Waals surface area contributed by atoms with Crippen LogP contribution in [0.1, 0.15) is 45.1 Å². The normalized spacial score (nSPS) is 16.7. The maximum Gasteiger partial charge on any atom is 0.282 e. The molecule has 1 saturated heterocycles. The summed E-state index contributed by atoms with van der Waals surface area (Å²) in [6.45, 7) is 6.59. The highest BCUT2D eigenvalue weighted by Crippen LogP contribution is 2.39. The Hall–Kier alpha value is -3.28. The zero-order chi connectivity index (χ0) is 22.5. The van der Waals surface area contributed by atoms with Gasteiger partial charge >= 0.3 is 0 Å². The van der Waals surface area contributed by atoms with Crippen molar-refractivity contribution >= 4 is 23.1 Å². The third-order valence-electron chi connectivity index (χ3n) is 5.75. The van der Waals surface area contributed by atoms with Gasteiger partial charge in [0.1, 0.15) is 17.2 Å². The first-order chi connectivity index (χ1) is 15.7. The Morgan fingerprint density at radius 2 is 1.56 bits per heavy atom. The second-order valence-corrected chi connectivity index (χ2v) is 7.99. The van der Waals surface area contributed by atoms with Crippen molar-refractivity contribution in [3.8, 4) is 11.5 Å². The van der Waals surface area contributed by atoms with Crippen molar-refractivity contribution in [1.82, 2.24) is 4.90 Å². The van der Waals surface area contributed by atoms with Gasteiger partial charge in [0.25, 0.3) is 11.8 Å². The lowest BCUT2D eigenvalue weighted by Crippen LogP contribution is -2.37. The molecule has 2 aromatic carbocycles. The predicted molar refractivity (Wildman–Crippen MR) is 125 cm³/mol.